The molecule has 0 aliphatic carbocycles. The van der Waals surface area contributed by atoms with Gasteiger partial charge in [-0.15, -0.1) is 35.3 Å². The number of thioether (sulfide) groups is 3. The molecule has 22 nitrogen and oxygen atoms in total. The van der Waals surface area contributed by atoms with Crippen LogP contribution in [0.1, 0.15) is 108 Å². The lowest BCUT2D eigenvalue weighted by Crippen LogP contribution is -2.45. The maximum atomic E-state index is 13.0. The summed E-state index contributed by atoms with van der Waals surface area (Å²) in [7, 11) is 0. The van der Waals surface area contributed by atoms with Crippen LogP contribution < -0.4 is 27.0 Å². The number of amides is 4. The van der Waals surface area contributed by atoms with Crippen LogP contribution in [0.5, 0.6) is 0 Å². The minimum atomic E-state index is -0.509. The third-order valence-corrected chi connectivity index (χ3v) is 24.4. The van der Waals surface area contributed by atoms with Crippen LogP contribution in [0.3, 0.4) is 0 Å². The number of benzene rings is 3. The van der Waals surface area contributed by atoms with Gasteiger partial charge in [-0.3, -0.25) is 34.1 Å². The molecule has 0 radical (unpaired) electrons. The lowest BCUT2D eigenvalue weighted by molar-refractivity contribution is -0.384. The number of anilines is 5. The Labute approximate surface area is 603 Å². The highest BCUT2D eigenvalue weighted by molar-refractivity contribution is 8.01. The summed E-state index contributed by atoms with van der Waals surface area (Å²) in [4.78, 5) is 89.1. The highest BCUT2D eigenvalue weighted by Crippen LogP contribution is 2.36. The highest BCUT2D eigenvalue weighted by Gasteiger charge is 2.29. The number of halogens is 1. The predicted molar refractivity (Wildman–Crippen MR) is 397 cm³/mol. The SMILES string of the molecule is C=CC(=O)Cl.C=CC(=O)Nc1ccc(C(=O)N2CCC[C@@H](Nc3ncc(SCC4CCOCC4)s3)C2)cc1.Nc1ccc(C(=O)N2CCC[C@@H](Nc3ncc(SCC4CCOCC4)s3)C2)cc1.O=C(c1ccc([N+](=O)[O-])cc1)N1CCC[C@@H](Nc2ncc(SCC3CCOCC3)s2)C1. The molecule has 6 fully saturated rings. The van der Waals surface area contributed by atoms with Crippen LogP contribution in [0.2, 0.25) is 0 Å². The van der Waals surface area contributed by atoms with E-state index in [0.717, 1.165) is 186 Å². The standard InChI is InChI=1S/C24H30N4O3S2.C21H26N4O4S2.C21H28N4O2S2.C3H3ClO/c1-2-21(29)26-19-7-5-18(6-8-19)23(30)28-11-3-4-20(15-28)27-24-25-14-22(33-24)32-16-17-9-12-31-13-10-17;26-20(16-3-5-18(6-4-16)25(27)28)24-9-1-2-17(13-24)23-21-22-12-19(31-21)30-14-15-7-10-29-11-8-15;22-17-5-3-16(4-6-17)20(26)25-9-1-2-18(13-25)24-21-23-12-19(29-21)28-14-15-7-10-27-11-8-15;1-2-3(4)5/h2,5-8,14,17,20H,1,3-4,9-13,15-16H2,(H,25,27)(H,26,29);3-6,12,15,17H,1-2,7-11,13-14H2,(H,22,23);3-6,12,15,18H,1-2,7-11,13-14,22H2,(H,23,24);2H,1H2/t20-;17-;18-;/m111./s1. The third-order valence-electron chi connectivity index (χ3n) is 17.2. The first-order valence-corrected chi connectivity index (χ1v) is 39.0. The number of nitrogen functional groups attached to an aromatic ring is 1. The van der Waals surface area contributed by atoms with Crippen LogP contribution in [-0.2, 0) is 23.8 Å². The zero-order chi connectivity index (χ0) is 69.0. The van der Waals surface area contributed by atoms with Gasteiger partial charge in [0.2, 0.25) is 11.1 Å². The number of thiazole rings is 3. The van der Waals surface area contributed by atoms with E-state index in [1.807, 2.05) is 68.6 Å². The molecule has 3 aromatic carbocycles. The predicted octanol–water partition coefficient (Wildman–Crippen LogP) is 13.7. The largest absolute Gasteiger partial charge is 0.399 e. The molecule has 0 spiro atoms. The zero-order valence-corrected chi connectivity index (χ0v) is 60.6. The molecule has 0 bridgehead atoms. The van der Waals surface area contributed by atoms with Gasteiger partial charge in [0, 0.05) is 154 Å². The van der Waals surface area contributed by atoms with Gasteiger partial charge in [-0.2, -0.15) is 0 Å². The van der Waals surface area contributed by atoms with Crippen LogP contribution in [-0.4, -0.2) is 178 Å². The van der Waals surface area contributed by atoms with E-state index >= 15 is 0 Å². The first-order valence-electron chi connectivity index (χ1n) is 33.2. The maximum absolute atomic E-state index is 13.0. The number of carbonyl (C=O) groups is 5. The van der Waals surface area contributed by atoms with Gasteiger partial charge in [-0.05, 0) is 179 Å². The Hall–Kier alpha value is -6.60. The molecule has 526 valence electrons. The number of hydrogen-bond donors (Lipinski definition) is 5. The van der Waals surface area contributed by atoms with Crippen molar-refractivity contribution in [2.24, 2.45) is 17.8 Å². The van der Waals surface area contributed by atoms with E-state index in [9.17, 15) is 34.1 Å². The van der Waals surface area contributed by atoms with Crippen molar-refractivity contribution in [2.45, 2.75) is 108 Å². The summed E-state index contributed by atoms with van der Waals surface area (Å²) in [6.07, 6.45) is 20.9. The number of likely N-dealkylation sites (tertiary alicyclic amines) is 3. The molecule has 6 N–H and O–H groups in total. The Balaban J connectivity index is 0.000000166. The van der Waals surface area contributed by atoms with Crippen molar-refractivity contribution in [3.05, 3.63) is 144 Å². The van der Waals surface area contributed by atoms with Crippen LogP contribution >= 0.6 is 80.9 Å². The number of nitrogens with two attached hydrogens (primary N) is 1. The van der Waals surface area contributed by atoms with Crippen molar-refractivity contribution in [1.82, 2.24) is 29.7 Å². The fourth-order valence-electron chi connectivity index (χ4n) is 11.7. The van der Waals surface area contributed by atoms with E-state index in [4.69, 9.17) is 31.5 Å². The molecule has 6 saturated heterocycles. The summed E-state index contributed by atoms with van der Waals surface area (Å²) in [6, 6.07) is 20.5. The quantitative estimate of drug-likeness (QED) is 0.0105. The number of nitrogens with one attached hydrogen (secondary N) is 4. The second-order valence-corrected chi connectivity index (χ2v) is 31.9. The second-order valence-electron chi connectivity index (χ2n) is 24.5. The second kappa shape index (κ2) is 40.0. The normalized spacial score (nSPS) is 19.2. The van der Waals surface area contributed by atoms with E-state index < -0.39 is 10.2 Å². The Kier molecular flexibility index (Phi) is 30.9. The average molecular weight is 1470 g/mol. The molecule has 0 saturated carbocycles. The summed E-state index contributed by atoms with van der Waals surface area (Å²) >= 11 is 15.4. The summed E-state index contributed by atoms with van der Waals surface area (Å²) in [5, 5.41) is 26.3. The molecule has 3 aromatic heterocycles. The van der Waals surface area contributed by atoms with Crippen LogP contribution in [0.25, 0.3) is 0 Å². The van der Waals surface area contributed by atoms with E-state index in [-0.39, 0.29) is 47.4 Å². The summed E-state index contributed by atoms with van der Waals surface area (Å²) in [5.74, 6) is 5.27. The van der Waals surface area contributed by atoms with Crippen molar-refractivity contribution in [3.8, 4) is 0 Å². The molecule has 0 unspecified atom stereocenters. The number of aromatic nitrogens is 3. The van der Waals surface area contributed by atoms with Gasteiger partial charge in [-0.25, -0.2) is 15.0 Å². The van der Waals surface area contributed by atoms with Crippen LogP contribution in [0.4, 0.5) is 32.5 Å². The molecule has 12 rings (SSSR count). The van der Waals surface area contributed by atoms with Crippen molar-refractivity contribution in [3.63, 3.8) is 0 Å². The molecule has 6 aliphatic rings. The first-order chi connectivity index (χ1) is 47.6. The lowest BCUT2D eigenvalue weighted by atomic mass is 10.0. The number of allylic oxidation sites excluding steroid dienone is 1. The number of nitro groups is 1. The van der Waals surface area contributed by atoms with Gasteiger partial charge in [0.1, 0.15) is 0 Å². The van der Waals surface area contributed by atoms with Gasteiger partial charge >= 0.3 is 0 Å². The van der Waals surface area contributed by atoms with Crippen molar-refractivity contribution < 1.29 is 43.1 Å². The van der Waals surface area contributed by atoms with Crippen LogP contribution in [0, 0.1) is 27.9 Å². The van der Waals surface area contributed by atoms with Gasteiger partial charge in [0.25, 0.3) is 23.4 Å². The molecule has 98 heavy (non-hydrogen) atoms. The topological polar surface area (TPSA) is 279 Å². The lowest BCUT2D eigenvalue weighted by Gasteiger charge is -2.33. The van der Waals surface area contributed by atoms with Gasteiger partial charge in [0.05, 0.1) is 36.1 Å². The van der Waals surface area contributed by atoms with E-state index in [0.29, 0.717) is 54.2 Å². The number of carbonyl (C=O) groups excluding carboxylic acids is 5. The highest BCUT2D eigenvalue weighted by atomic mass is 35.5. The monoisotopic (exact) mass is 1470 g/mol. The minimum Gasteiger partial charge on any atom is -0.399 e. The smallest absolute Gasteiger partial charge is 0.269 e. The molecule has 29 heteroatoms. The number of nitrogens with zero attached hydrogens (tertiary/aromatic N) is 7. The first kappa shape index (κ1) is 75.6. The van der Waals surface area contributed by atoms with E-state index in [1.165, 1.54) is 43.0 Å². The van der Waals surface area contributed by atoms with Crippen molar-refractivity contribution >= 4 is 142 Å². The third kappa shape index (κ3) is 24.9. The summed E-state index contributed by atoms with van der Waals surface area (Å²) in [5.41, 5.74) is 8.83. The molecule has 3 atom stereocenters. The zero-order valence-electron chi connectivity index (χ0n) is 54.9. The molecular formula is C69H87ClN12O10S6. The van der Waals surface area contributed by atoms with Gasteiger partial charge in [-0.1, -0.05) is 47.2 Å². The number of non-ortho nitro benzene ring substituents is 1. The maximum Gasteiger partial charge on any atom is 0.269 e. The Morgan fingerprint density at radius 3 is 1.18 bits per heavy atom. The number of piperidine rings is 3. The van der Waals surface area contributed by atoms with E-state index in [1.54, 1.807) is 82.5 Å². The summed E-state index contributed by atoms with van der Waals surface area (Å²) < 4.78 is 20.0. The number of nitro benzene ring substituents is 1. The fraction of sp³-hybridized carbons (Fsp3) is 0.478. The molecule has 6 aromatic rings. The Morgan fingerprint density at radius 2 is 0.867 bits per heavy atom. The Morgan fingerprint density at radius 1 is 0.541 bits per heavy atom. The van der Waals surface area contributed by atoms with Crippen molar-refractivity contribution in [1.29, 1.82) is 0 Å². The van der Waals surface area contributed by atoms with Crippen molar-refractivity contribution in [2.75, 3.05) is 123 Å². The number of hydrogen-bond acceptors (Lipinski definition) is 23. The fourth-order valence-corrected chi connectivity index (χ4v) is 18.2. The number of rotatable bonds is 22. The average Bonchev–Trinajstić information content (AvgIpc) is 1.82. The van der Waals surface area contributed by atoms with Gasteiger partial charge < -0.3 is 55.9 Å². The van der Waals surface area contributed by atoms with Gasteiger partial charge in [0.15, 0.2) is 15.4 Å². The summed E-state index contributed by atoms with van der Waals surface area (Å²) in [6.45, 7) is 16.0. The molecule has 4 amide bonds. The number of ether oxygens (including phenoxy) is 3. The minimum absolute atomic E-state index is 0.00921. The van der Waals surface area contributed by atoms with E-state index in [2.05, 4.69) is 49.4 Å². The van der Waals surface area contributed by atoms with Crippen LogP contribution in [0.15, 0.2) is 129 Å². The molecular weight excluding hydrogens is 1380 g/mol. The Bertz CT molecular complexity index is 3530. The molecule has 9 heterocycles. The molecule has 6 aliphatic heterocycles.